The molecule has 1 aromatic heterocycles. The first-order valence-corrected chi connectivity index (χ1v) is 10.4. The molecule has 0 spiro atoms. The molecule has 8 nitrogen and oxygen atoms in total. The number of nitrogens with zero attached hydrogens (tertiary/aromatic N) is 3. The average molecular weight is 456 g/mol. The third-order valence-corrected chi connectivity index (χ3v) is 5.30. The van der Waals surface area contributed by atoms with Crippen LogP contribution in [0.2, 0.25) is 0 Å². The van der Waals surface area contributed by atoms with Gasteiger partial charge in [0.2, 0.25) is 5.91 Å². The number of aryl methyl sites for hydroxylation is 2. The Morgan fingerprint density at radius 1 is 1.24 bits per heavy atom. The van der Waals surface area contributed by atoms with E-state index in [1.165, 1.54) is 24.3 Å². The van der Waals surface area contributed by atoms with Gasteiger partial charge >= 0.3 is 0 Å². The molecular weight excluding hydrogens is 434 g/mol. The fourth-order valence-electron chi connectivity index (χ4n) is 3.43. The number of alkyl halides is 2. The second-order valence-electron chi connectivity index (χ2n) is 8.12. The number of hydrogen-bond acceptors (Lipinski definition) is 5. The summed E-state index contributed by atoms with van der Waals surface area (Å²) in [7, 11) is 0. The van der Waals surface area contributed by atoms with Crippen LogP contribution in [0.25, 0.3) is 0 Å². The quantitative estimate of drug-likeness (QED) is 0.349. The van der Waals surface area contributed by atoms with E-state index in [4.69, 9.17) is 4.74 Å². The molecule has 1 heterocycles. The van der Waals surface area contributed by atoms with Crippen molar-refractivity contribution in [3.63, 3.8) is 0 Å². The molecular formula is C23H22F2N4O4. The number of carbonyl (C=O) groups excluding carboxylic acids is 1. The van der Waals surface area contributed by atoms with E-state index in [9.17, 15) is 23.7 Å². The van der Waals surface area contributed by atoms with Crippen LogP contribution < -0.4 is 10.1 Å². The maximum absolute atomic E-state index is 13.4. The number of aromatic nitrogens is 2. The van der Waals surface area contributed by atoms with Crippen LogP contribution in [0.3, 0.4) is 0 Å². The molecule has 1 aliphatic carbocycles. The van der Waals surface area contributed by atoms with E-state index in [0.29, 0.717) is 11.4 Å². The van der Waals surface area contributed by atoms with Crippen molar-refractivity contribution in [1.82, 2.24) is 9.78 Å². The number of carbonyl (C=O) groups is 1. The van der Waals surface area contributed by atoms with E-state index in [-0.39, 0.29) is 28.7 Å². The highest BCUT2D eigenvalue weighted by Crippen LogP contribution is 2.40. The minimum atomic E-state index is -2.77. The van der Waals surface area contributed by atoms with Gasteiger partial charge in [-0.25, -0.2) is 8.78 Å². The summed E-state index contributed by atoms with van der Waals surface area (Å²) in [5.74, 6) is 0.212. The Morgan fingerprint density at radius 2 is 2.00 bits per heavy atom. The molecule has 1 N–H and O–H groups in total. The number of amides is 1. The first-order chi connectivity index (χ1) is 15.7. The van der Waals surface area contributed by atoms with Crippen molar-refractivity contribution < 1.29 is 23.2 Å². The van der Waals surface area contributed by atoms with Gasteiger partial charge in [-0.2, -0.15) is 5.10 Å². The van der Waals surface area contributed by atoms with Crippen LogP contribution >= 0.6 is 0 Å². The highest BCUT2D eigenvalue weighted by molar-refractivity contribution is 5.91. The lowest BCUT2D eigenvalue weighted by Crippen LogP contribution is -2.21. The molecule has 1 amide bonds. The van der Waals surface area contributed by atoms with Crippen molar-refractivity contribution in [3.05, 3.63) is 75.1 Å². The van der Waals surface area contributed by atoms with Gasteiger partial charge in [0, 0.05) is 18.1 Å². The highest BCUT2D eigenvalue weighted by atomic mass is 19.3. The summed E-state index contributed by atoms with van der Waals surface area (Å²) < 4.78 is 33.6. The molecule has 1 fully saturated rings. The van der Waals surface area contributed by atoms with Crippen molar-refractivity contribution in [2.45, 2.75) is 45.6 Å². The fraction of sp³-hybridized carbons (Fsp3) is 0.304. The number of rotatable bonds is 8. The summed E-state index contributed by atoms with van der Waals surface area (Å²) in [5.41, 5.74) is 1.85. The zero-order chi connectivity index (χ0) is 23.7. The number of benzene rings is 2. The molecule has 1 aliphatic rings. The van der Waals surface area contributed by atoms with Gasteiger partial charge in [-0.05, 0) is 49.9 Å². The summed E-state index contributed by atoms with van der Waals surface area (Å²) in [6.45, 7) is 3.29. The van der Waals surface area contributed by atoms with Crippen LogP contribution in [0.4, 0.5) is 20.2 Å². The Morgan fingerprint density at radius 3 is 2.67 bits per heavy atom. The summed E-state index contributed by atoms with van der Waals surface area (Å²) >= 11 is 0. The number of non-ortho nitro benzene ring substituents is 1. The van der Waals surface area contributed by atoms with Crippen LogP contribution in [0.15, 0.2) is 42.5 Å². The Balaban J connectivity index is 1.55. The molecule has 0 unspecified atom stereocenters. The highest BCUT2D eigenvalue weighted by Gasteiger charge is 2.29. The lowest BCUT2D eigenvalue weighted by atomic mass is 10.1. The molecule has 1 saturated carbocycles. The topological polar surface area (TPSA) is 99.3 Å². The molecule has 0 radical (unpaired) electrons. The van der Waals surface area contributed by atoms with Gasteiger partial charge in [0.25, 0.3) is 12.1 Å². The van der Waals surface area contributed by atoms with Gasteiger partial charge in [-0.1, -0.05) is 12.1 Å². The molecule has 0 bridgehead atoms. The Labute approximate surface area is 188 Å². The van der Waals surface area contributed by atoms with Crippen molar-refractivity contribution in [2.24, 2.45) is 0 Å². The third-order valence-electron chi connectivity index (χ3n) is 5.30. The zero-order valence-electron chi connectivity index (χ0n) is 18.0. The van der Waals surface area contributed by atoms with Gasteiger partial charge in [-0.15, -0.1) is 0 Å². The summed E-state index contributed by atoms with van der Waals surface area (Å²) in [6, 6.07) is 10.8. The Kier molecular flexibility index (Phi) is 6.08. The van der Waals surface area contributed by atoms with Crippen molar-refractivity contribution in [2.75, 3.05) is 5.32 Å². The van der Waals surface area contributed by atoms with Crippen molar-refractivity contribution in [1.29, 1.82) is 0 Å². The largest absolute Gasteiger partial charge is 0.457 e. The molecule has 172 valence electrons. The minimum absolute atomic E-state index is 0.114. The summed E-state index contributed by atoms with van der Waals surface area (Å²) in [6.07, 6.45) is -0.987. The van der Waals surface area contributed by atoms with Gasteiger partial charge in [0.15, 0.2) is 0 Å². The van der Waals surface area contributed by atoms with E-state index in [1.54, 1.807) is 6.07 Å². The van der Waals surface area contributed by atoms with Crippen LogP contribution in [0.1, 0.15) is 47.7 Å². The van der Waals surface area contributed by atoms with Gasteiger partial charge in [0.05, 0.1) is 22.4 Å². The van der Waals surface area contributed by atoms with Gasteiger partial charge in [-0.3, -0.25) is 19.6 Å². The summed E-state index contributed by atoms with van der Waals surface area (Å²) in [5, 5.41) is 18.1. The molecule has 3 aromatic rings. The second-order valence-corrected chi connectivity index (χ2v) is 8.12. The number of halogens is 2. The van der Waals surface area contributed by atoms with Crippen molar-refractivity contribution in [3.8, 4) is 11.5 Å². The standard InChI is InChI=1S/C23H22F2N4O4/c1-13-3-4-14(2)21(7-13)33-18-9-16(8-17(10-18)29(31)32)26-22(30)12-28-20(23(24)25)11-19(27-28)15-5-6-15/h3-4,7-11,15,23H,5-6,12H2,1-2H3,(H,26,30). The molecule has 0 aliphatic heterocycles. The number of ether oxygens (including phenoxy) is 1. The molecule has 4 rings (SSSR count). The van der Waals surface area contributed by atoms with Crippen LogP contribution in [0, 0.1) is 24.0 Å². The average Bonchev–Trinajstić information content (AvgIpc) is 3.51. The van der Waals surface area contributed by atoms with E-state index in [1.807, 2.05) is 26.0 Å². The van der Waals surface area contributed by atoms with E-state index >= 15 is 0 Å². The number of anilines is 1. The maximum Gasteiger partial charge on any atom is 0.280 e. The number of nitro benzene ring substituents is 1. The first-order valence-electron chi connectivity index (χ1n) is 10.4. The van der Waals surface area contributed by atoms with Crippen LogP contribution in [-0.2, 0) is 11.3 Å². The molecule has 0 atom stereocenters. The molecule has 10 heteroatoms. The molecule has 33 heavy (non-hydrogen) atoms. The number of hydrogen-bond donors (Lipinski definition) is 1. The van der Waals surface area contributed by atoms with E-state index in [0.717, 1.165) is 28.7 Å². The van der Waals surface area contributed by atoms with Crippen molar-refractivity contribution >= 4 is 17.3 Å². The molecule has 0 saturated heterocycles. The predicted molar refractivity (Wildman–Crippen MR) is 117 cm³/mol. The Bertz CT molecular complexity index is 1220. The zero-order valence-corrected chi connectivity index (χ0v) is 18.0. The smallest absolute Gasteiger partial charge is 0.280 e. The lowest BCUT2D eigenvalue weighted by molar-refractivity contribution is -0.384. The second kappa shape index (κ2) is 8.97. The minimum Gasteiger partial charge on any atom is -0.457 e. The van der Waals surface area contributed by atoms with E-state index in [2.05, 4.69) is 10.4 Å². The third kappa shape index (κ3) is 5.33. The summed E-state index contributed by atoms with van der Waals surface area (Å²) in [4.78, 5) is 23.4. The molecule has 2 aromatic carbocycles. The first kappa shape index (κ1) is 22.4. The monoisotopic (exact) mass is 456 g/mol. The lowest BCUT2D eigenvalue weighted by Gasteiger charge is -2.12. The fourth-order valence-corrected chi connectivity index (χ4v) is 3.43. The number of nitrogens with one attached hydrogen (secondary N) is 1. The van der Waals surface area contributed by atoms with Gasteiger partial charge < -0.3 is 10.1 Å². The van der Waals surface area contributed by atoms with E-state index < -0.39 is 23.8 Å². The predicted octanol–water partition coefficient (Wildman–Crippen LogP) is 5.65. The maximum atomic E-state index is 13.4. The van der Waals surface area contributed by atoms with Gasteiger partial charge in [0.1, 0.15) is 23.7 Å². The SMILES string of the molecule is Cc1ccc(C)c(Oc2cc(NC(=O)Cn3nc(C4CC4)cc3C(F)F)cc([N+](=O)[O-])c2)c1. The number of nitro groups is 1. The van der Waals surface area contributed by atoms with Crippen LogP contribution in [-0.4, -0.2) is 20.6 Å². The Hall–Kier alpha value is -3.82. The van der Waals surface area contributed by atoms with Crippen LogP contribution in [0.5, 0.6) is 11.5 Å². The normalized spacial score (nSPS) is 13.2.